The van der Waals surface area contributed by atoms with Crippen LogP contribution in [0.25, 0.3) is 17.2 Å². The van der Waals surface area contributed by atoms with Crippen molar-refractivity contribution in [3.8, 4) is 11.1 Å². The van der Waals surface area contributed by atoms with Crippen LogP contribution in [0.4, 0.5) is 13.2 Å². The summed E-state index contributed by atoms with van der Waals surface area (Å²) < 4.78 is 39.1. The number of hydrogen-bond acceptors (Lipinski definition) is 2. The maximum absolute atomic E-state index is 13.0. The molecule has 0 saturated heterocycles. The average Bonchev–Trinajstić information content (AvgIpc) is 2.66. The van der Waals surface area contributed by atoms with Crippen molar-refractivity contribution >= 4 is 6.08 Å². The maximum Gasteiger partial charge on any atom is 0.416 e. The number of aliphatic hydroxyl groups excluding tert-OH is 1. The van der Waals surface area contributed by atoms with Gasteiger partial charge in [-0.2, -0.15) is 13.2 Å². The summed E-state index contributed by atoms with van der Waals surface area (Å²) in [6, 6.07) is 5.17. The summed E-state index contributed by atoms with van der Waals surface area (Å²) in [5.74, 6) is 0.214. The van der Waals surface area contributed by atoms with Crippen LogP contribution in [0.2, 0.25) is 0 Å². The minimum atomic E-state index is -4.38. The van der Waals surface area contributed by atoms with Crippen molar-refractivity contribution in [2.75, 3.05) is 0 Å². The van der Waals surface area contributed by atoms with Gasteiger partial charge in [-0.25, -0.2) is 0 Å². The molecule has 0 amide bonds. The van der Waals surface area contributed by atoms with Crippen LogP contribution in [0.15, 0.2) is 30.3 Å². The van der Waals surface area contributed by atoms with Gasteiger partial charge in [0.05, 0.1) is 17.9 Å². The molecule has 0 bridgehead atoms. The predicted octanol–water partition coefficient (Wildman–Crippen LogP) is 7.32. The van der Waals surface area contributed by atoms with Crippen molar-refractivity contribution in [1.82, 2.24) is 4.98 Å². The van der Waals surface area contributed by atoms with Crippen molar-refractivity contribution < 1.29 is 18.3 Å². The zero-order chi connectivity index (χ0) is 21.8. The van der Waals surface area contributed by atoms with Gasteiger partial charge in [-0.1, -0.05) is 65.3 Å². The third-order valence-electron chi connectivity index (χ3n) is 4.89. The number of benzene rings is 1. The first-order valence-corrected chi connectivity index (χ1v) is 10.1. The highest BCUT2D eigenvalue weighted by atomic mass is 19.4. The molecule has 0 atom stereocenters. The first kappa shape index (κ1) is 23.1. The first-order valence-electron chi connectivity index (χ1n) is 10.1. The van der Waals surface area contributed by atoms with E-state index in [0.717, 1.165) is 47.5 Å². The number of pyridine rings is 1. The molecule has 1 N–H and O–H groups in total. The Labute approximate surface area is 171 Å². The first-order chi connectivity index (χ1) is 13.6. The van der Waals surface area contributed by atoms with Gasteiger partial charge in [-0.05, 0) is 41.5 Å². The Balaban J connectivity index is 2.84. The molecule has 1 heterocycles. The zero-order valence-electron chi connectivity index (χ0n) is 17.8. The molecule has 0 fully saturated rings. The molecular weight excluding hydrogens is 375 g/mol. The highest BCUT2D eigenvalue weighted by Crippen LogP contribution is 2.38. The van der Waals surface area contributed by atoms with Crippen LogP contribution in [0.3, 0.4) is 0 Å². The number of alkyl halides is 3. The van der Waals surface area contributed by atoms with E-state index >= 15 is 0 Å². The van der Waals surface area contributed by atoms with E-state index in [-0.39, 0.29) is 18.4 Å². The second kappa shape index (κ2) is 9.57. The van der Waals surface area contributed by atoms with Crippen molar-refractivity contribution in [3.63, 3.8) is 0 Å². The molecule has 5 heteroatoms. The monoisotopic (exact) mass is 405 g/mol. The summed E-state index contributed by atoms with van der Waals surface area (Å²) in [6.45, 7) is 9.99. The van der Waals surface area contributed by atoms with Crippen LogP contribution in [0, 0.1) is 0 Å². The van der Waals surface area contributed by atoms with Gasteiger partial charge in [0, 0.05) is 16.8 Å². The second-order valence-corrected chi connectivity index (χ2v) is 7.88. The molecule has 29 heavy (non-hydrogen) atoms. The second-order valence-electron chi connectivity index (χ2n) is 7.88. The highest BCUT2D eigenvalue weighted by molar-refractivity contribution is 5.80. The normalized spacial score (nSPS) is 12.5. The van der Waals surface area contributed by atoms with Gasteiger partial charge >= 0.3 is 6.18 Å². The lowest BCUT2D eigenvalue weighted by Crippen LogP contribution is -2.11. The molecule has 1 aromatic heterocycles. The minimum absolute atomic E-state index is 0.0801. The standard InChI is InChI=1S/C24H30F3NO/c1-6-7-8-9-19-21(17-10-12-18(13-11-17)24(25,26)27)20(14-29)23(16(4)5)28-22(19)15(2)3/h8-13,15-16,29H,6-7,14H2,1-5H3. The number of unbranched alkanes of at least 4 members (excludes halogenated alkanes) is 1. The SMILES string of the molecule is CCCC=Cc1c(C(C)C)nc(C(C)C)c(CO)c1-c1ccc(C(F)(F)F)cc1. The topological polar surface area (TPSA) is 33.1 Å². The molecule has 2 aromatic rings. The van der Waals surface area contributed by atoms with Gasteiger partial charge in [-0.3, -0.25) is 4.98 Å². The Bertz CT molecular complexity index is 850. The smallest absolute Gasteiger partial charge is 0.392 e. The summed E-state index contributed by atoms with van der Waals surface area (Å²) in [6.07, 6.45) is 1.57. The fourth-order valence-corrected chi connectivity index (χ4v) is 3.45. The lowest BCUT2D eigenvalue weighted by Gasteiger charge is -2.23. The molecule has 0 saturated carbocycles. The molecule has 0 aliphatic heterocycles. The Morgan fingerprint density at radius 2 is 1.59 bits per heavy atom. The minimum Gasteiger partial charge on any atom is -0.392 e. The lowest BCUT2D eigenvalue weighted by atomic mass is 9.87. The summed E-state index contributed by atoms with van der Waals surface area (Å²) in [4.78, 5) is 4.87. The van der Waals surface area contributed by atoms with Crippen LogP contribution in [0.1, 0.15) is 87.4 Å². The predicted molar refractivity (Wildman–Crippen MR) is 113 cm³/mol. The molecule has 0 radical (unpaired) electrons. The number of halogens is 3. The summed E-state index contributed by atoms with van der Waals surface area (Å²) in [5.41, 5.74) is 3.99. The van der Waals surface area contributed by atoms with Gasteiger partial charge in [0.25, 0.3) is 0 Å². The molecule has 1 aromatic carbocycles. The fourth-order valence-electron chi connectivity index (χ4n) is 3.45. The quantitative estimate of drug-likeness (QED) is 0.523. The van der Waals surface area contributed by atoms with E-state index in [1.165, 1.54) is 12.1 Å². The maximum atomic E-state index is 13.0. The molecule has 0 aliphatic carbocycles. The number of rotatable bonds is 7. The van der Waals surface area contributed by atoms with Crippen molar-refractivity contribution in [2.24, 2.45) is 0 Å². The summed E-state index contributed by atoms with van der Waals surface area (Å²) in [5, 5.41) is 10.2. The van der Waals surface area contributed by atoms with E-state index in [9.17, 15) is 18.3 Å². The summed E-state index contributed by atoms with van der Waals surface area (Å²) in [7, 11) is 0. The van der Waals surface area contributed by atoms with E-state index in [1.54, 1.807) is 0 Å². The number of aromatic nitrogens is 1. The van der Waals surface area contributed by atoms with E-state index in [2.05, 4.69) is 26.8 Å². The molecule has 0 aliphatic rings. The molecule has 2 rings (SSSR count). The van der Waals surface area contributed by atoms with Gasteiger partial charge in [0.1, 0.15) is 0 Å². The van der Waals surface area contributed by atoms with Crippen LogP contribution in [0.5, 0.6) is 0 Å². The Morgan fingerprint density at radius 3 is 2.03 bits per heavy atom. The third kappa shape index (κ3) is 5.27. The fraction of sp³-hybridized carbons (Fsp3) is 0.458. The Hall–Kier alpha value is -2.14. The van der Waals surface area contributed by atoms with E-state index in [4.69, 9.17) is 4.98 Å². The molecule has 0 unspecified atom stereocenters. The molecule has 2 nitrogen and oxygen atoms in total. The van der Waals surface area contributed by atoms with Crippen molar-refractivity contribution in [2.45, 2.75) is 72.1 Å². The van der Waals surface area contributed by atoms with Crippen LogP contribution in [-0.4, -0.2) is 10.1 Å². The van der Waals surface area contributed by atoms with E-state index in [0.29, 0.717) is 11.1 Å². The zero-order valence-corrected chi connectivity index (χ0v) is 17.8. The van der Waals surface area contributed by atoms with Crippen LogP contribution < -0.4 is 0 Å². The number of hydrogen-bond donors (Lipinski definition) is 1. The van der Waals surface area contributed by atoms with Gasteiger partial charge in [0.15, 0.2) is 0 Å². The van der Waals surface area contributed by atoms with Gasteiger partial charge in [0.2, 0.25) is 0 Å². The Morgan fingerprint density at radius 1 is 1.00 bits per heavy atom. The number of aliphatic hydroxyl groups is 1. The van der Waals surface area contributed by atoms with E-state index < -0.39 is 11.7 Å². The van der Waals surface area contributed by atoms with Crippen molar-refractivity contribution in [3.05, 3.63) is 58.4 Å². The Kier molecular flexibility index (Phi) is 7.64. The van der Waals surface area contributed by atoms with E-state index in [1.807, 2.05) is 19.9 Å². The largest absolute Gasteiger partial charge is 0.416 e. The molecule has 158 valence electrons. The van der Waals surface area contributed by atoms with Gasteiger partial charge < -0.3 is 5.11 Å². The lowest BCUT2D eigenvalue weighted by molar-refractivity contribution is -0.137. The van der Waals surface area contributed by atoms with Gasteiger partial charge in [-0.15, -0.1) is 0 Å². The molecular formula is C24H30F3NO. The third-order valence-corrected chi connectivity index (χ3v) is 4.89. The van der Waals surface area contributed by atoms with Crippen molar-refractivity contribution in [1.29, 1.82) is 0 Å². The van der Waals surface area contributed by atoms with Crippen LogP contribution in [-0.2, 0) is 12.8 Å². The number of allylic oxidation sites excluding steroid dienone is 1. The number of nitrogens with zero attached hydrogens (tertiary/aromatic N) is 1. The van der Waals surface area contributed by atoms with Crippen LogP contribution >= 0.6 is 0 Å². The average molecular weight is 406 g/mol. The highest BCUT2D eigenvalue weighted by Gasteiger charge is 2.30. The molecule has 0 spiro atoms. The summed E-state index contributed by atoms with van der Waals surface area (Å²) >= 11 is 0.